The maximum absolute atomic E-state index is 12.1. The van der Waals surface area contributed by atoms with Gasteiger partial charge in [-0.1, -0.05) is 50.2 Å². The van der Waals surface area contributed by atoms with Gasteiger partial charge < -0.3 is 5.32 Å². The van der Waals surface area contributed by atoms with Gasteiger partial charge in [-0.05, 0) is 16.8 Å². The van der Waals surface area contributed by atoms with Crippen molar-refractivity contribution in [2.75, 3.05) is 6.54 Å². The number of carbonyl (C=O) groups excluding carboxylic acids is 2. The third kappa shape index (κ3) is 2.99. The van der Waals surface area contributed by atoms with Gasteiger partial charge in [0.05, 0.1) is 6.54 Å². The van der Waals surface area contributed by atoms with Crippen molar-refractivity contribution in [3.63, 3.8) is 0 Å². The third-order valence-corrected chi connectivity index (χ3v) is 3.10. The van der Waals surface area contributed by atoms with Crippen LogP contribution in [0.3, 0.4) is 0 Å². The largest absolute Gasteiger partial charge is 0.345 e. The van der Waals surface area contributed by atoms with Crippen LogP contribution < -0.4 is 5.32 Å². The maximum Gasteiger partial charge on any atom is 0.252 e. The molecule has 0 saturated heterocycles. The molecule has 0 aromatic heterocycles. The van der Waals surface area contributed by atoms with Gasteiger partial charge in [-0.25, -0.2) is 0 Å². The molecule has 0 spiro atoms. The second kappa shape index (κ2) is 5.65. The van der Waals surface area contributed by atoms with E-state index in [9.17, 15) is 9.59 Å². The standard InChI is InChI=1S/C16H17NO2/c1-11(2)15(18)10-17-16(19)14-9-5-7-12-6-3-4-8-13(12)14/h3-9,11H,10H2,1-2H3,(H,17,19). The molecule has 0 heterocycles. The summed E-state index contributed by atoms with van der Waals surface area (Å²) in [6.45, 7) is 3.73. The Bertz CT molecular complexity index is 612. The van der Waals surface area contributed by atoms with Gasteiger partial charge in [-0.3, -0.25) is 9.59 Å². The molecule has 0 unspecified atom stereocenters. The Balaban J connectivity index is 2.20. The Kier molecular flexibility index (Phi) is 3.95. The number of Topliss-reactive ketones (excluding diaryl/α,β-unsaturated/α-hetero) is 1. The molecule has 19 heavy (non-hydrogen) atoms. The zero-order valence-corrected chi connectivity index (χ0v) is 11.1. The van der Waals surface area contributed by atoms with Crippen LogP contribution in [-0.4, -0.2) is 18.2 Å². The van der Waals surface area contributed by atoms with Gasteiger partial charge >= 0.3 is 0 Å². The Morgan fingerprint density at radius 2 is 1.74 bits per heavy atom. The van der Waals surface area contributed by atoms with E-state index in [2.05, 4.69) is 5.32 Å². The summed E-state index contributed by atoms with van der Waals surface area (Å²) in [6.07, 6.45) is 0. The summed E-state index contributed by atoms with van der Waals surface area (Å²) >= 11 is 0. The first-order valence-corrected chi connectivity index (χ1v) is 6.38. The van der Waals surface area contributed by atoms with Crippen LogP contribution in [0.5, 0.6) is 0 Å². The smallest absolute Gasteiger partial charge is 0.252 e. The van der Waals surface area contributed by atoms with Crippen LogP contribution in [0, 0.1) is 5.92 Å². The van der Waals surface area contributed by atoms with Gasteiger partial charge in [-0.15, -0.1) is 0 Å². The fourth-order valence-electron chi connectivity index (χ4n) is 1.89. The molecule has 0 bridgehead atoms. The van der Waals surface area contributed by atoms with E-state index >= 15 is 0 Å². The summed E-state index contributed by atoms with van der Waals surface area (Å²) in [7, 11) is 0. The van der Waals surface area contributed by atoms with Crippen molar-refractivity contribution in [1.82, 2.24) is 5.32 Å². The Hall–Kier alpha value is -2.16. The fourth-order valence-corrected chi connectivity index (χ4v) is 1.89. The molecule has 2 aromatic rings. The number of carbonyl (C=O) groups is 2. The first-order valence-electron chi connectivity index (χ1n) is 6.38. The minimum atomic E-state index is -0.203. The highest BCUT2D eigenvalue weighted by atomic mass is 16.2. The zero-order chi connectivity index (χ0) is 13.8. The number of hydrogen-bond donors (Lipinski definition) is 1. The number of ketones is 1. The molecule has 0 radical (unpaired) electrons. The topological polar surface area (TPSA) is 46.2 Å². The summed E-state index contributed by atoms with van der Waals surface area (Å²) in [6, 6.07) is 13.3. The van der Waals surface area contributed by atoms with Gasteiger partial charge in [-0.2, -0.15) is 0 Å². The molecule has 1 amide bonds. The SMILES string of the molecule is CC(C)C(=O)CNC(=O)c1cccc2ccccc12. The van der Waals surface area contributed by atoms with Crippen LogP contribution in [0.25, 0.3) is 10.8 Å². The molecule has 0 aliphatic rings. The lowest BCUT2D eigenvalue weighted by atomic mass is 10.0. The highest BCUT2D eigenvalue weighted by molar-refractivity contribution is 6.07. The van der Waals surface area contributed by atoms with Crippen molar-refractivity contribution >= 4 is 22.5 Å². The monoisotopic (exact) mass is 255 g/mol. The molecule has 2 aromatic carbocycles. The van der Waals surface area contributed by atoms with Gasteiger partial charge in [0.1, 0.15) is 0 Å². The zero-order valence-electron chi connectivity index (χ0n) is 11.1. The molecule has 3 heteroatoms. The number of benzene rings is 2. The molecule has 0 fully saturated rings. The number of amides is 1. The van der Waals surface area contributed by atoms with E-state index in [0.29, 0.717) is 5.56 Å². The maximum atomic E-state index is 12.1. The lowest BCUT2D eigenvalue weighted by Crippen LogP contribution is -2.31. The van der Waals surface area contributed by atoms with Crippen LogP contribution in [0.4, 0.5) is 0 Å². The van der Waals surface area contributed by atoms with E-state index in [4.69, 9.17) is 0 Å². The molecule has 2 rings (SSSR count). The second-order valence-corrected chi connectivity index (χ2v) is 4.83. The van der Waals surface area contributed by atoms with E-state index in [1.165, 1.54) is 0 Å². The average Bonchev–Trinajstić information content (AvgIpc) is 2.43. The van der Waals surface area contributed by atoms with E-state index in [-0.39, 0.29) is 24.2 Å². The highest BCUT2D eigenvalue weighted by Crippen LogP contribution is 2.18. The summed E-state index contributed by atoms with van der Waals surface area (Å²) in [5, 5.41) is 4.60. The van der Waals surface area contributed by atoms with Crippen LogP contribution >= 0.6 is 0 Å². The molecular weight excluding hydrogens is 238 g/mol. The number of fused-ring (bicyclic) bond motifs is 1. The summed E-state index contributed by atoms with van der Waals surface area (Å²) in [5.41, 5.74) is 0.606. The quantitative estimate of drug-likeness (QED) is 0.913. The first kappa shape index (κ1) is 13.3. The lowest BCUT2D eigenvalue weighted by Gasteiger charge is -2.08. The van der Waals surface area contributed by atoms with Gasteiger partial charge in [0.25, 0.3) is 5.91 Å². The minimum Gasteiger partial charge on any atom is -0.345 e. The predicted molar refractivity (Wildman–Crippen MR) is 76.1 cm³/mol. The summed E-state index contributed by atoms with van der Waals surface area (Å²) in [4.78, 5) is 23.6. The van der Waals surface area contributed by atoms with Crippen LogP contribution in [0.15, 0.2) is 42.5 Å². The number of nitrogens with one attached hydrogen (secondary N) is 1. The van der Waals surface area contributed by atoms with Gasteiger partial charge in [0.15, 0.2) is 5.78 Å². The van der Waals surface area contributed by atoms with E-state index in [1.54, 1.807) is 6.07 Å². The summed E-state index contributed by atoms with van der Waals surface area (Å²) in [5.74, 6) is -0.229. The molecule has 0 atom stereocenters. The van der Waals surface area contributed by atoms with Crippen molar-refractivity contribution in [2.24, 2.45) is 5.92 Å². The second-order valence-electron chi connectivity index (χ2n) is 4.83. The molecule has 1 N–H and O–H groups in total. The van der Waals surface area contributed by atoms with Gasteiger partial charge in [0.2, 0.25) is 0 Å². The van der Waals surface area contributed by atoms with Crippen molar-refractivity contribution in [2.45, 2.75) is 13.8 Å². The molecule has 3 nitrogen and oxygen atoms in total. The number of hydrogen-bond acceptors (Lipinski definition) is 2. The highest BCUT2D eigenvalue weighted by Gasteiger charge is 2.12. The predicted octanol–water partition coefficient (Wildman–Crippen LogP) is 2.79. The normalized spacial score (nSPS) is 10.7. The third-order valence-electron chi connectivity index (χ3n) is 3.10. The fraction of sp³-hybridized carbons (Fsp3) is 0.250. The van der Waals surface area contributed by atoms with Crippen molar-refractivity contribution < 1.29 is 9.59 Å². The molecular formula is C16H17NO2. The molecule has 0 saturated carbocycles. The van der Waals surface area contributed by atoms with Crippen LogP contribution in [0.2, 0.25) is 0 Å². The van der Waals surface area contributed by atoms with Crippen molar-refractivity contribution in [3.8, 4) is 0 Å². The van der Waals surface area contributed by atoms with Crippen molar-refractivity contribution in [3.05, 3.63) is 48.0 Å². The Morgan fingerprint density at radius 1 is 1.05 bits per heavy atom. The minimum absolute atomic E-state index is 0.0357. The summed E-state index contributed by atoms with van der Waals surface area (Å²) < 4.78 is 0. The molecule has 0 aliphatic heterocycles. The molecule has 98 valence electrons. The molecule has 0 aliphatic carbocycles. The van der Waals surface area contributed by atoms with E-state index in [1.807, 2.05) is 50.2 Å². The average molecular weight is 255 g/mol. The lowest BCUT2D eigenvalue weighted by molar-refractivity contribution is -0.120. The Labute approximate surface area is 112 Å². The number of rotatable bonds is 4. The Morgan fingerprint density at radius 3 is 2.47 bits per heavy atom. The first-order chi connectivity index (χ1) is 9.09. The van der Waals surface area contributed by atoms with Crippen LogP contribution in [0.1, 0.15) is 24.2 Å². The van der Waals surface area contributed by atoms with E-state index < -0.39 is 0 Å². The van der Waals surface area contributed by atoms with Gasteiger partial charge in [0, 0.05) is 11.5 Å². The van der Waals surface area contributed by atoms with Crippen molar-refractivity contribution in [1.29, 1.82) is 0 Å². The van der Waals surface area contributed by atoms with E-state index in [0.717, 1.165) is 10.8 Å². The van der Waals surface area contributed by atoms with Crippen LogP contribution in [-0.2, 0) is 4.79 Å².